The van der Waals surface area contributed by atoms with Gasteiger partial charge in [0.2, 0.25) is 5.91 Å². The van der Waals surface area contributed by atoms with Crippen LogP contribution < -0.4 is 5.32 Å². The second-order valence-corrected chi connectivity index (χ2v) is 5.79. The summed E-state index contributed by atoms with van der Waals surface area (Å²) in [5.41, 5.74) is 4.11. The number of rotatable bonds is 6. The van der Waals surface area contributed by atoms with E-state index in [9.17, 15) is 4.79 Å². The predicted molar refractivity (Wildman–Crippen MR) is 95.6 cm³/mol. The Kier molecular flexibility index (Phi) is 4.93. The molecule has 3 aromatic rings. The standard InChI is InChI=1S/C20H19N3O/c21-13-12-15-8-10-17(11-9-15)23-20(24)7-3-4-16-14-22-19-6-2-1-5-18(16)19/h1-2,5-6,8-11,14,22H,3-4,7,12H2,(H,23,24). The van der Waals surface area contributed by atoms with Crippen LogP contribution >= 0.6 is 0 Å². The molecule has 24 heavy (non-hydrogen) atoms. The summed E-state index contributed by atoms with van der Waals surface area (Å²) in [6.45, 7) is 0. The van der Waals surface area contributed by atoms with Crippen molar-refractivity contribution in [2.24, 2.45) is 0 Å². The minimum absolute atomic E-state index is 0.0166. The Morgan fingerprint density at radius 1 is 1.12 bits per heavy atom. The molecule has 0 fully saturated rings. The third kappa shape index (κ3) is 3.82. The van der Waals surface area contributed by atoms with E-state index in [1.807, 2.05) is 42.6 Å². The summed E-state index contributed by atoms with van der Waals surface area (Å²) < 4.78 is 0. The molecule has 0 aliphatic rings. The fourth-order valence-electron chi connectivity index (χ4n) is 2.80. The molecule has 120 valence electrons. The average Bonchev–Trinajstić information content (AvgIpc) is 3.00. The SMILES string of the molecule is N#CCc1ccc(NC(=O)CCCc2c[nH]c3ccccc23)cc1. The monoisotopic (exact) mass is 317 g/mol. The molecule has 0 saturated heterocycles. The van der Waals surface area contributed by atoms with Crippen molar-refractivity contribution < 1.29 is 4.79 Å². The molecule has 0 radical (unpaired) electrons. The van der Waals surface area contributed by atoms with Gasteiger partial charge in [-0.2, -0.15) is 5.26 Å². The number of carbonyl (C=O) groups is 1. The van der Waals surface area contributed by atoms with E-state index in [4.69, 9.17) is 5.26 Å². The lowest BCUT2D eigenvalue weighted by Gasteiger charge is -2.06. The zero-order chi connectivity index (χ0) is 16.8. The Hall–Kier alpha value is -3.06. The summed E-state index contributed by atoms with van der Waals surface area (Å²) in [6.07, 6.45) is 4.58. The number of aromatic amines is 1. The van der Waals surface area contributed by atoms with Gasteiger partial charge in [0.25, 0.3) is 0 Å². The van der Waals surface area contributed by atoms with Crippen LogP contribution in [-0.2, 0) is 17.6 Å². The average molecular weight is 317 g/mol. The number of amides is 1. The first-order valence-electron chi connectivity index (χ1n) is 8.07. The summed E-state index contributed by atoms with van der Waals surface area (Å²) >= 11 is 0. The van der Waals surface area contributed by atoms with Gasteiger partial charge in [0, 0.05) is 29.2 Å². The predicted octanol–water partition coefficient (Wildman–Crippen LogP) is 4.20. The minimum Gasteiger partial charge on any atom is -0.361 e. The van der Waals surface area contributed by atoms with E-state index in [0.29, 0.717) is 12.8 Å². The van der Waals surface area contributed by atoms with Crippen molar-refractivity contribution >= 4 is 22.5 Å². The molecule has 0 aliphatic heterocycles. The Morgan fingerprint density at radius 3 is 2.71 bits per heavy atom. The molecule has 0 unspecified atom stereocenters. The van der Waals surface area contributed by atoms with Gasteiger partial charge < -0.3 is 10.3 Å². The van der Waals surface area contributed by atoms with Crippen LogP contribution in [-0.4, -0.2) is 10.9 Å². The molecule has 4 nitrogen and oxygen atoms in total. The van der Waals surface area contributed by atoms with Gasteiger partial charge in [-0.25, -0.2) is 0 Å². The zero-order valence-electron chi connectivity index (χ0n) is 13.4. The zero-order valence-corrected chi connectivity index (χ0v) is 13.4. The molecule has 1 aromatic heterocycles. The molecule has 2 N–H and O–H groups in total. The second-order valence-electron chi connectivity index (χ2n) is 5.79. The lowest BCUT2D eigenvalue weighted by Crippen LogP contribution is -2.11. The Bertz CT molecular complexity index is 872. The van der Waals surface area contributed by atoms with Gasteiger partial charge >= 0.3 is 0 Å². The van der Waals surface area contributed by atoms with Gasteiger partial charge in [0.15, 0.2) is 0 Å². The van der Waals surface area contributed by atoms with E-state index in [0.717, 1.165) is 29.6 Å². The van der Waals surface area contributed by atoms with Gasteiger partial charge in [0.05, 0.1) is 12.5 Å². The molecule has 4 heteroatoms. The quantitative estimate of drug-likeness (QED) is 0.715. The molecule has 3 rings (SSSR count). The van der Waals surface area contributed by atoms with Gasteiger partial charge in [-0.1, -0.05) is 30.3 Å². The highest BCUT2D eigenvalue weighted by molar-refractivity contribution is 5.90. The number of nitrogens with one attached hydrogen (secondary N) is 2. The van der Waals surface area contributed by atoms with Crippen LogP contribution in [0.15, 0.2) is 54.7 Å². The van der Waals surface area contributed by atoms with Crippen molar-refractivity contribution in [1.82, 2.24) is 4.98 Å². The highest BCUT2D eigenvalue weighted by Gasteiger charge is 2.06. The summed E-state index contributed by atoms with van der Waals surface area (Å²) in [5, 5.41) is 12.8. The van der Waals surface area contributed by atoms with Crippen LogP contribution in [0.25, 0.3) is 10.9 Å². The third-order valence-electron chi connectivity index (χ3n) is 4.05. The number of benzene rings is 2. The van der Waals surface area contributed by atoms with E-state index in [1.54, 1.807) is 0 Å². The number of H-pyrrole nitrogens is 1. The number of nitriles is 1. The number of hydrogen-bond acceptors (Lipinski definition) is 2. The second kappa shape index (κ2) is 7.47. The van der Waals surface area contributed by atoms with Crippen LogP contribution in [0.2, 0.25) is 0 Å². The fraction of sp³-hybridized carbons (Fsp3) is 0.200. The van der Waals surface area contributed by atoms with Crippen molar-refractivity contribution in [3.8, 4) is 6.07 Å². The van der Waals surface area contributed by atoms with Crippen molar-refractivity contribution in [2.75, 3.05) is 5.32 Å². The van der Waals surface area contributed by atoms with Crippen LogP contribution in [0, 0.1) is 11.3 Å². The van der Waals surface area contributed by atoms with Gasteiger partial charge in [0.1, 0.15) is 0 Å². The molecule has 2 aromatic carbocycles. The first-order valence-corrected chi connectivity index (χ1v) is 8.07. The largest absolute Gasteiger partial charge is 0.361 e. The van der Waals surface area contributed by atoms with Gasteiger partial charge in [-0.3, -0.25) is 4.79 Å². The van der Waals surface area contributed by atoms with Gasteiger partial charge in [-0.05, 0) is 42.2 Å². The van der Waals surface area contributed by atoms with Crippen LogP contribution in [0.3, 0.4) is 0 Å². The number of fused-ring (bicyclic) bond motifs is 1. The number of aryl methyl sites for hydroxylation is 1. The fourth-order valence-corrected chi connectivity index (χ4v) is 2.80. The topological polar surface area (TPSA) is 68.7 Å². The highest BCUT2D eigenvalue weighted by Crippen LogP contribution is 2.19. The van der Waals surface area contributed by atoms with Crippen molar-refractivity contribution in [3.05, 3.63) is 65.9 Å². The molecule has 1 amide bonds. The maximum absolute atomic E-state index is 12.0. The maximum atomic E-state index is 12.0. The third-order valence-corrected chi connectivity index (χ3v) is 4.05. The number of aromatic nitrogens is 1. The summed E-state index contributed by atoms with van der Waals surface area (Å²) in [6, 6.07) is 17.7. The molecular weight excluding hydrogens is 298 g/mol. The maximum Gasteiger partial charge on any atom is 0.224 e. The Morgan fingerprint density at radius 2 is 1.92 bits per heavy atom. The molecule has 0 aliphatic carbocycles. The molecule has 0 saturated carbocycles. The van der Waals surface area contributed by atoms with E-state index < -0.39 is 0 Å². The number of nitrogens with zero attached hydrogens (tertiary/aromatic N) is 1. The van der Waals surface area contributed by atoms with Gasteiger partial charge in [-0.15, -0.1) is 0 Å². The van der Waals surface area contributed by atoms with E-state index >= 15 is 0 Å². The first-order chi connectivity index (χ1) is 11.8. The Balaban J connectivity index is 1.50. The number of carbonyl (C=O) groups excluding carboxylic acids is 1. The van der Waals surface area contributed by atoms with Crippen LogP contribution in [0.1, 0.15) is 24.0 Å². The van der Waals surface area contributed by atoms with Crippen LogP contribution in [0.5, 0.6) is 0 Å². The summed E-state index contributed by atoms with van der Waals surface area (Å²) in [7, 11) is 0. The van der Waals surface area contributed by atoms with Crippen molar-refractivity contribution in [2.45, 2.75) is 25.7 Å². The van der Waals surface area contributed by atoms with Crippen molar-refractivity contribution in [3.63, 3.8) is 0 Å². The molecule has 0 bridgehead atoms. The minimum atomic E-state index is 0.0166. The lowest BCUT2D eigenvalue weighted by molar-refractivity contribution is -0.116. The molecule has 0 spiro atoms. The lowest BCUT2D eigenvalue weighted by atomic mass is 10.1. The first kappa shape index (κ1) is 15.8. The summed E-state index contributed by atoms with van der Waals surface area (Å²) in [4.78, 5) is 15.3. The normalized spacial score (nSPS) is 10.5. The molecular formula is C20H19N3O. The van der Waals surface area contributed by atoms with Crippen LogP contribution in [0.4, 0.5) is 5.69 Å². The highest BCUT2D eigenvalue weighted by atomic mass is 16.1. The smallest absolute Gasteiger partial charge is 0.224 e. The molecule has 0 atom stereocenters. The number of hydrogen-bond donors (Lipinski definition) is 2. The molecule has 1 heterocycles. The number of anilines is 1. The van der Waals surface area contributed by atoms with E-state index in [1.165, 1.54) is 10.9 Å². The summed E-state index contributed by atoms with van der Waals surface area (Å²) in [5.74, 6) is 0.0166. The van der Waals surface area contributed by atoms with E-state index in [-0.39, 0.29) is 5.91 Å². The number of para-hydroxylation sites is 1. The van der Waals surface area contributed by atoms with E-state index in [2.05, 4.69) is 28.5 Å². The Labute approximate surface area is 141 Å². The van der Waals surface area contributed by atoms with Crippen molar-refractivity contribution in [1.29, 1.82) is 5.26 Å².